The van der Waals surface area contributed by atoms with Crippen LogP contribution >= 0.6 is 11.8 Å². The van der Waals surface area contributed by atoms with Gasteiger partial charge in [0.25, 0.3) is 0 Å². The first kappa shape index (κ1) is 16.6. The molecule has 0 saturated carbocycles. The summed E-state index contributed by atoms with van der Waals surface area (Å²) in [7, 11) is 1.70. The predicted molar refractivity (Wildman–Crippen MR) is 83.3 cm³/mol. The van der Waals surface area contributed by atoms with Crippen LogP contribution in [0.4, 0.5) is 0 Å². The maximum Gasteiger partial charge on any atom is 0.0773 e. The Kier molecular flexibility index (Phi) is 6.17. The molecular formula is C15H29NO3S. The predicted octanol–water partition coefficient (Wildman–Crippen LogP) is 1.67. The molecule has 118 valence electrons. The lowest BCUT2D eigenvalue weighted by Gasteiger charge is -2.47. The Bertz CT molecular complexity index is 287. The topological polar surface area (TPSA) is 50.7 Å². The zero-order valence-electron chi connectivity index (χ0n) is 12.8. The highest BCUT2D eigenvalue weighted by Crippen LogP contribution is 2.42. The highest BCUT2D eigenvalue weighted by Gasteiger charge is 2.44. The Morgan fingerprint density at radius 2 is 2.20 bits per heavy atom. The summed E-state index contributed by atoms with van der Waals surface area (Å²) in [4.78, 5) is 0. The third-order valence-corrected chi connectivity index (χ3v) is 5.73. The van der Waals surface area contributed by atoms with Crippen LogP contribution in [-0.4, -0.2) is 61.2 Å². The van der Waals surface area contributed by atoms with Crippen molar-refractivity contribution in [1.29, 1.82) is 0 Å². The van der Waals surface area contributed by atoms with Crippen LogP contribution in [0.3, 0.4) is 0 Å². The quantitative estimate of drug-likeness (QED) is 0.731. The van der Waals surface area contributed by atoms with E-state index in [4.69, 9.17) is 9.47 Å². The molecule has 20 heavy (non-hydrogen) atoms. The number of nitrogens with one attached hydrogen (secondary N) is 1. The lowest BCUT2D eigenvalue weighted by atomic mass is 9.74. The van der Waals surface area contributed by atoms with Crippen LogP contribution in [0.5, 0.6) is 0 Å². The smallest absolute Gasteiger partial charge is 0.0773 e. The molecule has 2 heterocycles. The molecule has 0 bridgehead atoms. The molecule has 2 N–H and O–H groups in total. The van der Waals surface area contributed by atoms with Crippen molar-refractivity contribution in [3.05, 3.63) is 0 Å². The molecule has 1 spiro atoms. The maximum absolute atomic E-state index is 10.8. The van der Waals surface area contributed by atoms with Crippen molar-refractivity contribution in [1.82, 2.24) is 5.32 Å². The van der Waals surface area contributed by atoms with Crippen molar-refractivity contribution in [3.8, 4) is 0 Å². The largest absolute Gasteiger partial charge is 0.389 e. The zero-order chi connectivity index (χ0) is 14.5. The van der Waals surface area contributed by atoms with Crippen LogP contribution in [-0.2, 0) is 9.47 Å². The molecule has 0 radical (unpaired) electrons. The summed E-state index contributed by atoms with van der Waals surface area (Å²) in [5.41, 5.74) is -0.611. The van der Waals surface area contributed by atoms with Gasteiger partial charge >= 0.3 is 0 Å². The lowest BCUT2D eigenvalue weighted by molar-refractivity contribution is -0.141. The molecule has 0 aromatic heterocycles. The average Bonchev–Trinajstić information content (AvgIpc) is 2.45. The first-order chi connectivity index (χ1) is 9.58. The number of ether oxygens (including phenoxy) is 2. The summed E-state index contributed by atoms with van der Waals surface area (Å²) in [6, 6.07) is 0. The average molecular weight is 303 g/mol. The van der Waals surface area contributed by atoms with Crippen LogP contribution in [0.2, 0.25) is 0 Å². The Balaban J connectivity index is 1.86. The lowest BCUT2D eigenvalue weighted by Crippen LogP contribution is -2.52. The van der Waals surface area contributed by atoms with Crippen molar-refractivity contribution in [3.63, 3.8) is 0 Å². The third kappa shape index (κ3) is 4.34. The van der Waals surface area contributed by atoms with Crippen molar-refractivity contribution in [2.75, 3.05) is 44.9 Å². The Morgan fingerprint density at radius 1 is 1.45 bits per heavy atom. The second-order valence-corrected chi connectivity index (χ2v) is 7.59. The highest BCUT2D eigenvalue weighted by atomic mass is 32.2. The van der Waals surface area contributed by atoms with E-state index in [0.717, 1.165) is 38.8 Å². The minimum atomic E-state index is -0.658. The fraction of sp³-hybridized carbons (Fsp3) is 1.00. The van der Waals surface area contributed by atoms with Gasteiger partial charge in [-0.1, -0.05) is 0 Å². The van der Waals surface area contributed by atoms with Gasteiger partial charge in [0.1, 0.15) is 0 Å². The van der Waals surface area contributed by atoms with Crippen LogP contribution < -0.4 is 5.32 Å². The van der Waals surface area contributed by atoms with Gasteiger partial charge in [0.05, 0.1) is 17.8 Å². The number of methoxy groups -OCH3 is 1. The van der Waals surface area contributed by atoms with Crippen molar-refractivity contribution in [2.45, 2.75) is 43.8 Å². The number of hydrogen-bond donors (Lipinski definition) is 2. The summed E-state index contributed by atoms with van der Waals surface area (Å²) in [6.45, 7) is 4.87. The molecule has 2 saturated heterocycles. The summed E-state index contributed by atoms with van der Waals surface area (Å²) in [6.07, 6.45) is 4.25. The van der Waals surface area contributed by atoms with Crippen molar-refractivity contribution < 1.29 is 14.6 Å². The van der Waals surface area contributed by atoms with E-state index in [-0.39, 0.29) is 5.60 Å². The molecule has 2 aliphatic heterocycles. The van der Waals surface area contributed by atoms with Gasteiger partial charge in [-0.15, -0.1) is 0 Å². The minimum Gasteiger partial charge on any atom is -0.389 e. The molecule has 2 rings (SSSR count). The van der Waals surface area contributed by atoms with E-state index >= 15 is 0 Å². The van der Waals surface area contributed by atoms with Gasteiger partial charge < -0.3 is 19.9 Å². The van der Waals surface area contributed by atoms with Crippen molar-refractivity contribution >= 4 is 11.8 Å². The number of aliphatic hydroxyl groups is 1. The minimum absolute atomic E-state index is 0.0463. The molecule has 0 aromatic rings. The van der Waals surface area contributed by atoms with Gasteiger partial charge in [-0.3, -0.25) is 0 Å². The van der Waals surface area contributed by atoms with E-state index < -0.39 is 5.60 Å². The first-order valence-electron chi connectivity index (χ1n) is 7.72. The maximum atomic E-state index is 10.8. The summed E-state index contributed by atoms with van der Waals surface area (Å²) in [5.74, 6) is 2.72. The van der Waals surface area contributed by atoms with Crippen LogP contribution in [0.15, 0.2) is 0 Å². The molecule has 0 amide bonds. The van der Waals surface area contributed by atoms with Crippen LogP contribution in [0, 0.1) is 5.92 Å². The fourth-order valence-electron chi connectivity index (χ4n) is 3.31. The highest BCUT2D eigenvalue weighted by molar-refractivity contribution is 7.99. The van der Waals surface area contributed by atoms with Gasteiger partial charge in [-0.25, -0.2) is 0 Å². The number of rotatable bonds is 6. The number of hydrogen-bond acceptors (Lipinski definition) is 5. The molecule has 2 unspecified atom stereocenters. The van der Waals surface area contributed by atoms with Crippen LogP contribution in [0.1, 0.15) is 32.6 Å². The Hall–Kier alpha value is 0.190. The second kappa shape index (κ2) is 7.45. The van der Waals surface area contributed by atoms with Gasteiger partial charge in [0, 0.05) is 26.8 Å². The summed E-state index contributed by atoms with van der Waals surface area (Å²) >= 11 is 2.02. The third-order valence-electron chi connectivity index (χ3n) is 4.74. The normalized spacial score (nSPS) is 29.2. The molecule has 2 fully saturated rings. The van der Waals surface area contributed by atoms with Gasteiger partial charge in [0.2, 0.25) is 0 Å². The SMILES string of the molecule is COCCNCC(C)(O)C1CCOC2(CCSCC2)C1. The summed E-state index contributed by atoms with van der Waals surface area (Å²) < 4.78 is 11.1. The standard InChI is InChI=1S/C15H29NO3S/c1-14(17,12-16-6-8-18-2)13-3-7-19-15(11-13)4-9-20-10-5-15/h13,16-17H,3-12H2,1-2H3. The van der Waals surface area contributed by atoms with Crippen molar-refractivity contribution in [2.24, 2.45) is 5.92 Å². The molecular weight excluding hydrogens is 274 g/mol. The van der Waals surface area contributed by atoms with E-state index in [9.17, 15) is 5.11 Å². The summed E-state index contributed by atoms with van der Waals surface area (Å²) in [5, 5.41) is 14.1. The van der Waals surface area contributed by atoms with E-state index in [0.29, 0.717) is 19.1 Å². The second-order valence-electron chi connectivity index (χ2n) is 6.36. The first-order valence-corrected chi connectivity index (χ1v) is 8.87. The molecule has 2 atom stereocenters. The molecule has 5 heteroatoms. The monoisotopic (exact) mass is 303 g/mol. The number of thioether (sulfide) groups is 1. The van der Waals surface area contributed by atoms with E-state index in [1.807, 2.05) is 18.7 Å². The fourth-order valence-corrected chi connectivity index (χ4v) is 4.55. The van der Waals surface area contributed by atoms with E-state index in [2.05, 4.69) is 5.32 Å². The van der Waals surface area contributed by atoms with Gasteiger partial charge in [0.15, 0.2) is 0 Å². The zero-order valence-corrected chi connectivity index (χ0v) is 13.6. The van der Waals surface area contributed by atoms with Gasteiger partial charge in [-0.05, 0) is 50.0 Å². The Morgan fingerprint density at radius 3 is 2.90 bits per heavy atom. The van der Waals surface area contributed by atoms with Crippen LogP contribution in [0.25, 0.3) is 0 Å². The molecule has 4 nitrogen and oxygen atoms in total. The van der Waals surface area contributed by atoms with Gasteiger partial charge in [-0.2, -0.15) is 11.8 Å². The molecule has 0 aliphatic carbocycles. The molecule has 0 aromatic carbocycles. The Labute approximate surface area is 127 Å². The molecule has 2 aliphatic rings. The van der Waals surface area contributed by atoms with E-state index in [1.54, 1.807) is 7.11 Å². The van der Waals surface area contributed by atoms with E-state index in [1.165, 1.54) is 11.5 Å².